The van der Waals surface area contributed by atoms with Gasteiger partial charge >= 0.3 is 0 Å². The molecule has 0 atom stereocenters. The molecule has 0 saturated heterocycles. The van der Waals surface area contributed by atoms with E-state index < -0.39 is 0 Å². The Morgan fingerprint density at radius 1 is 1.17 bits per heavy atom. The topological polar surface area (TPSA) is 34.1 Å². The van der Waals surface area contributed by atoms with Gasteiger partial charge in [0, 0.05) is 12.0 Å². The zero-order chi connectivity index (χ0) is 8.55. The SMILES string of the molecule is O=C1CC=C2C=CCC=C2C1=O. The van der Waals surface area contributed by atoms with Crippen LogP contribution in [-0.2, 0) is 9.59 Å². The molecule has 0 aromatic rings. The van der Waals surface area contributed by atoms with Gasteiger partial charge in [0.2, 0.25) is 11.6 Å². The molecule has 2 aliphatic rings. The fraction of sp³-hybridized carbons (Fsp3) is 0.200. The van der Waals surface area contributed by atoms with E-state index in [0.29, 0.717) is 5.57 Å². The Balaban J connectivity index is 2.48. The number of rotatable bonds is 0. The van der Waals surface area contributed by atoms with Gasteiger partial charge in [0.05, 0.1) is 0 Å². The molecular weight excluding hydrogens is 152 g/mol. The molecule has 0 saturated carbocycles. The van der Waals surface area contributed by atoms with Crippen molar-refractivity contribution in [2.75, 3.05) is 0 Å². The lowest BCUT2D eigenvalue weighted by Crippen LogP contribution is -2.21. The van der Waals surface area contributed by atoms with Gasteiger partial charge in [0.1, 0.15) is 0 Å². The molecule has 0 aliphatic heterocycles. The summed E-state index contributed by atoms with van der Waals surface area (Å²) in [4.78, 5) is 22.3. The van der Waals surface area contributed by atoms with Crippen LogP contribution in [0.4, 0.5) is 0 Å². The normalized spacial score (nSPS) is 21.7. The zero-order valence-corrected chi connectivity index (χ0v) is 6.54. The summed E-state index contributed by atoms with van der Waals surface area (Å²) < 4.78 is 0. The minimum Gasteiger partial charge on any atom is -0.290 e. The van der Waals surface area contributed by atoms with Gasteiger partial charge in [-0.15, -0.1) is 0 Å². The van der Waals surface area contributed by atoms with E-state index in [0.717, 1.165) is 12.0 Å². The van der Waals surface area contributed by atoms with E-state index in [2.05, 4.69) is 0 Å². The lowest BCUT2D eigenvalue weighted by atomic mass is 9.88. The molecule has 0 N–H and O–H groups in total. The third kappa shape index (κ3) is 0.961. The van der Waals surface area contributed by atoms with Crippen molar-refractivity contribution < 1.29 is 9.59 Å². The maximum Gasteiger partial charge on any atom is 0.229 e. The number of fused-ring (bicyclic) bond motifs is 1. The van der Waals surface area contributed by atoms with Crippen LogP contribution in [0, 0.1) is 0 Å². The molecule has 2 nitrogen and oxygen atoms in total. The largest absolute Gasteiger partial charge is 0.290 e. The lowest BCUT2D eigenvalue weighted by molar-refractivity contribution is -0.134. The molecule has 0 radical (unpaired) electrons. The van der Waals surface area contributed by atoms with Crippen LogP contribution < -0.4 is 0 Å². The molecule has 0 spiro atoms. The molecule has 0 bridgehead atoms. The molecule has 60 valence electrons. The summed E-state index contributed by atoms with van der Waals surface area (Å²) in [6.07, 6.45) is 8.52. The molecule has 0 aromatic heterocycles. The minimum atomic E-state index is -0.322. The Labute approximate surface area is 70.3 Å². The molecule has 0 aromatic carbocycles. The van der Waals surface area contributed by atoms with Crippen LogP contribution in [0.5, 0.6) is 0 Å². The molecule has 0 amide bonds. The number of carbonyl (C=O) groups excluding carboxylic acids is 2. The quantitative estimate of drug-likeness (QED) is 0.501. The predicted octanol–water partition coefficient (Wildman–Crippen LogP) is 1.34. The first-order valence-electron chi connectivity index (χ1n) is 3.94. The van der Waals surface area contributed by atoms with Crippen molar-refractivity contribution in [2.45, 2.75) is 12.8 Å². The van der Waals surface area contributed by atoms with Crippen LogP contribution in [0.25, 0.3) is 0 Å². The average Bonchev–Trinajstić information content (AvgIpc) is 2.12. The van der Waals surface area contributed by atoms with Crippen molar-refractivity contribution in [3.63, 3.8) is 0 Å². The lowest BCUT2D eigenvalue weighted by Gasteiger charge is -2.14. The molecule has 12 heavy (non-hydrogen) atoms. The van der Waals surface area contributed by atoms with Crippen LogP contribution in [0.3, 0.4) is 0 Å². The molecule has 0 fully saturated rings. The zero-order valence-electron chi connectivity index (χ0n) is 6.54. The summed E-state index contributed by atoms with van der Waals surface area (Å²) in [5.41, 5.74) is 1.50. The van der Waals surface area contributed by atoms with E-state index in [1.54, 1.807) is 0 Å². The van der Waals surface area contributed by atoms with E-state index in [4.69, 9.17) is 0 Å². The van der Waals surface area contributed by atoms with Gasteiger partial charge in [-0.25, -0.2) is 0 Å². The van der Waals surface area contributed by atoms with Crippen LogP contribution in [0.1, 0.15) is 12.8 Å². The van der Waals surface area contributed by atoms with Gasteiger partial charge < -0.3 is 0 Å². The van der Waals surface area contributed by atoms with Gasteiger partial charge in [-0.3, -0.25) is 9.59 Å². The average molecular weight is 160 g/mol. The van der Waals surface area contributed by atoms with Gasteiger partial charge in [0.15, 0.2) is 0 Å². The summed E-state index contributed by atoms with van der Waals surface area (Å²) in [6.45, 7) is 0. The number of allylic oxidation sites excluding steroid dienone is 6. The van der Waals surface area contributed by atoms with E-state index in [9.17, 15) is 9.59 Å². The second-order valence-corrected chi connectivity index (χ2v) is 2.87. The van der Waals surface area contributed by atoms with Crippen LogP contribution >= 0.6 is 0 Å². The molecular formula is C10H8O2. The van der Waals surface area contributed by atoms with Crippen molar-refractivity contribution in [1.82, 2.24) is 0 Å². The van der Waals surface area contributed by atoms with E-state index in [1.807, 2.05) is 24.3 Å². The highest BCUT2D eigenvalue weighted by atomic mass is 16.2. The van der Waals surface area contributed by atoms with Gasteiger partial charge in [-0.05, 0) is 12.0 Å². The highest BCUT2D eigenvalue weighted by Gasteiger charge is 2.24. The van der Waals surface area contributed by atoms with E-state index in [-0.39, 0.29) is 18.0 Å². The summed E-state index contributed by atoms with van der Waals surface area (Å²) in [5.74, 6) is -0.614. The molecule has 0 unspecified atom stereocenters. The van der Waals surface area contributed by atoms with Crippen molar-refractivity contribution in [1.29, 1.82) is 0 Å². The third-order valence-corrected chi connectivity index (χ3v) is 2.07. The van der Waals surface area contributed by atoms with Crippen molar-refractivity contribution >= 4 is 11.6 Å². The second-order valence-electron chi connectivity index (χ2n) is 2.87. The number of hydrogen-bond acceptors (Lipinski definition) is 2. The first-order chi connectivity index (χ1) is 5.79. The first kappa shape index (κ1) is 7.22. The fourth-order valence-electron chi connectivity index (χ4n) is 1.44. The number of Topliss-reactive ketones (excluding diaryl/α,β-unsaturated/α-hetero) is 2. The summed E-state index contributed by atoms with van der Waals surface area (Å²) >= 11 is 0. The molecule has 0 heterocycles. The predicted molar refractivity (Wildman–Crippen MR) is 44.6 cm³/mol. The van der Waals surface area contributed by atoms with Crippen molar-refractivity contribution in [3.8, 4) is 0 Å². The summed E-state index contributed by atoms with van der Waals surface area (Å²) in [7, 11) is 0. The van der Waals surface area contributed by atoms with Crippen LogP contribution in [0.2, 0.25) is 0 Å². The first-order valence-corrected chi connectivity index (χ1v) is 3.94. The van der Waals surface area contributed by atoms with Crippen LogP contribution in [0.15, 0.2) is 35.5 Å². The smallest absolute Gasteiger partial charge is 0.229 e. The minimum absolute atomic E-state index is 0.260. The summed E-state index contributed by atoms with van der Waals surface area (Å²) in [5, 5.41) is 0. The standard InChI is InChI=1S/C10H8O2/c11-9-6-5-7-3-1-2-4-8(7)10(9)12/h1,3-5H,2,6H2. The number of ketones is 2. The van der Waals surface area contributed by atoms with Gasteiger partial charge in [-0.1, -0.05) is 24.3 Å². The van der Waals surface area contributed by atoms with Gasteiger partial charge in [0.25, 0.3) is 0 Å². The Morgan fingerprint density at radius 3 is 2.83 bits per heavy atom. The van der Waals surface area contributed by atoms with Crippen LogP contribution in [-0.4, -0.2) is 11.6 Å². The van der Waals surface area contributed by atoms with E-state index in [1.165, 1.54) is 0 Å². The van der Waals surface area contributed by atoms with Crippen molar-refractivity contribution in [2.24, 2.45) is 0 Å². The Kier molecular flexibility index (Phi) is 1.54. The molecule has 2 rings (SSSR count). The highest BCUT2D eigenvalue weighted by Crippen LogP contribution is 2.23. The molecule has 2 aliphatic carbocycles. The second kappa shape index (κ2) is 2.55. The highest BCUT2D eigenvalue weighted by molar-refractivity contribution is 6.46. The number of hydrogen-bond donors (Lipinski definition) is 0. The van der Waals surface area contributed by atoms with E-state index >= 15 is 0 Å². The Hall–Kier alpha value is -1.44. The Bertz CT molecular complexity index is 343. The Morgan fingerprint density at radius 2 is 2.00 bits per heavy atom. The van der Waals surface area contributed by atoms with Crippen molar-refractivity contribution in [3.05, 3.63) is 35.5 Å². The fourth-order valence-corrected chi connectivity index (χ4v) is 1.44. The monoisotopic (exact) mass is 160 g/mol. The maximum atomic E-state index is 11.3. The molecule has 2 heteroatoms. The number of carbonyl (C=O) groups is 2. The third-order valence-electron chi connectivity index (χ3n) is 2.07. The maximum absolute atomic E-state index is 11.3. The summed E-state index contributed by atoms with van der Waals surface area (Å²) in [6, 6.07) is 0. The van der Waals surface area contributed by atoms with Gasteiger partial charge in [-0.2, -0.15) is 0 Å².